The molecule has 7 heteroatoms. The number of aliphatic hydroxyl groups excluding tert-OH is 1. The summed E-state index contributed by atoms with van der Waals surface area (Å²) in [4.78, 5) is 28.7. The lowest BCUT2D eigenvalue weighted by Gasteiger charge is -2.40. The van der Waals surface area contributed by atoms with Crippen molar-refractivity contribution in [1.82, 2.24) is 10.3 Å². The Kier molecular flexibility index (Phi) is 5.51. The minimum atomic E-state index is -0.570. The van der Waals surface area contributed by atoms with Crippen molar-refractivity contribution in [3.05, 3.63) is 59.2 Å². The molecule has 27 heavy (non-hydrogen) atoms. The summed E-state index contributed by atoms with van der Waals surface area (Å²) in [6.07, 6.45) is 3.78. The second-order valence-electron chi connectivity index (χ2n) is 6.96. The monoisotopic (exact) mass is 372 g/mol. The normalized spacial score (nSPS) is 15.0. The number of aromatic nitrogens is 1. The number of amides is 1. The summed E-state index contributed by atoms with van der Waals surface area (Å²) in [6, 6.07) is 6.63. The average molecular weight is 372 g/mol. The zero-order chi connectivity index (χ0) is 19.4. The Bertz CT molecular complexity index is 859. The van der Waals surface area contributed by atoms with E-state index in [0.717, 1.165) is 31.4 Å². The van der Waals surface area contributed by atoms with Gasteiger partial charge in [0.25, 0.3) is 5.91 Å². The van der Waals surface area contributed by atoms with Crippen LogP contribution < -0.4 is 5.32 Å². The molecule has 1 saturated carbocycles. The van der Waals surface area contributed by atoms with E-state index < -0.39 is 11.4 Å². The highest BCUT2D eigenvalue weighted by molar-refractivity contribution is 5.93. The number of ketones is 1. The molecule has 1 aliphatic rings. The molecule has 1 aromatic carbocycles. The molecule has 6 nitrogen and oxygen atoms in total. The van der Waals surface area contributed by atoms with E-state index in [1.54, 1.807) is 6.07 Å². The summed E-state index contributed by atoms with van der Waals surface area (Å²) in [5.74, 6) is -1.26. The quantitative estimate of drug-likeness (QED) is 0.690. The number of halogens is 1. The summed E-state index contributed by atoms with van der Waals surface area (Å²) in [5, 5.41) is 22.0. The number of aromatic hydroxyl groups is 1. The highest BCUT2D eigenvalue weighted by Gasteiger charge is 2.38. The maximum absolute atomic E-state index is 13.3. The third-order valence-corrected chi connectivity index (χ3v) is 4.88. The molecule has 1 amide bonds. The number of aliphatic hydroxyl groups is 1. The number of nitrogens with one attached hydrogen (secondary N) is 1. The first-order valence-electron chi connectivity index (χ1n) is 8.78. The smallest absolute Gasteiger partial charge is 0.270 e. The van der Waals surface area contributed by atoms with E-state index in [1.165, 1.54) is 18.3 Å². The van der Waals surface area contributed by atoms with Crippen molar-refractivity contribution in [1.29, 1.82) is 0 Å². The summed E-state index contributed by atoms with van der Waals surface area (Å²) >= 11 is 0. The fraction of sp³-hybridized carbons (Fsp3) is 0.350. The van der Waals surface area contributed by atoms with Gasteiger partial charge in [0.2, 0.25) is 0 Å². The fourth-order valence-electron chi connectivity index (χ4n) is 3.14. The first-order chi connectivity index (χ1) is 12.9. The molecule has 3 rings (SSSR count). The van der Waals surface area contributed by atoms with Crippen LogP contribution in [0.2, 0.25) is 0 Å². The Morgan fingerprint density at radius 1 is 1.19 bits per heavy atom. The lowest BCUT2D eigenvalue weighted by Crippen LogP contribution is -2.56. The van der Waals surface area contributed by atoms with Crippen LogP contribution in [-0.4, -0.2) is 39.0 Å². The van der Waals surface area contributed by atoms with Gasteiger partial charge in [0.05, 0.1) is 12.1 Å². The van der Waals surface area contributed by atoms with Crippen molar-refractivity contribution in [2.75, 3.05) is 6.61 Å². The van der Waals surface area contributed by atoms with Crippen molar-refractivity contribution in [3.63, 3.8) is 0 Å². The molecule has 0 aliphatic heterocycles. The molecule has 1 heterocycles. The predicted molar refractivity (Wildman–Crippen MR) is 95.9 cm³/mol. The van der Waals surface area contributed by atoms with Crippen LogP contribution >= 0.6 is 0 Å². The van der Waals surface area contributed by atoms with Gasteiger partial charge in [-0.3, -0.25) is 14.6 Å². The number of carbonyl (C=O) groups is 2. The minimum absolute atomic E-state index is 0.0316. The standard InChI is InChI=1S/C20H21FN2O4/c21-15-2-3-18(26)14(10-15)11-16(25)8-13-4-7-22-17(9-13)19(27)23-20(12-24)5-1-6-20/h2-4,7,9-10,24,26H,1,5-6,8,11-12H2,(H,23,27). The van der Waals surface area contributed by atoms with Gasteiger partial charge >= 0.3 is 0 Å². The first kappa shape index (κ1) is 19.0. The Hall–Kier alpha value is -2.80. The molecule has 2 aromatic rings. The van der Waals surface area contributed by atoms with Gasteiger partial charge in [-0.2, -0.15) is 0 Å². The topological polar surface area (TPSA) is 99.5 Å². The molecule has 0 bridgehead atoms. The maximum atomic E-state index is 13.3. The Morgan fingerprint density at radius 3 is 2.63 bits per heavy atom. The molecule has 142 valence electrons. The molecule has 0 atom stereocenters. The highest BCUT2D eigenvalue weighted by Crippen LogP contribution is 2.31. The van der Waals surface area contributed by atoms with Gasteiger partial charge in [-0.25, -0.2) is 4.39 Å². The van der Waals surface area contributed by atoms with Crippen molar-refractivity contribution >= 4 is 11.7 Å². The van der Waals surface area contributed by atoms with Crippen LogP contribution in [0.15, 0.2) is 36.5 Å². The highest BCUT2D eigenvalue weighted by atomic mass is 19.1. The number of pyridine rings is 1. The van der Waals surface area contributed by atoms with E-state index in [0.29, 0.717) is 5.56 Å². The van der Waals surface area contributed by atoms with Gasteiger partial charge in [-0.1, -0.05) is 0 Å². The first-order valence-corrected chi connectivity index (χ1v) is 8.78. The summed E-state index contributed by atoms with van der Waals surface area (Å²) < 4.78 is 13.3. The molecule has 0 radical (unpaired) electrons. The van der Waals surface area contributed by atoms with Gasteiger partial charge in [0, 0.05) is 24.6 Å². The predicted octanol–water partition coefficient (Wildman–Crippen LogP) is 1.93. The van der Waals surface area contributed by atoms with E-state index in [9.17, 15) is 24.2 Å². The van der Waals surface area contributed by atoms with Crippen LogP contribution in [0.5, 0.6) is 5.75 Å². The van der Waals surface area contributed by atoms with Crippen LogP contribution in [0.4, 0.5) is 4.39 Å². The minimum Gasteiger partial charge on any atom is -0.508 e. The van der Waals surface area contributed by atoms with E-state index in [2.05, 4.69) is 10.3 Å². The van der Waals surface area contributed by atoms with E-state index in [4.69, 9.17) is 0 Å². The van der Waals surface area contributed by atoms with Crippen molar-refractivity contribution < 1.29 is 24.2 Å². The lowest BCUT2D eigenvalue weighted by molar-refractivity contribution is -0.117. The SMILES string of the molecule is O=C(Cc1ccnc(C(=O)NC2(CO)CCC2)c1)Cc1cc(F)ccc1O. The molecular weight excluding hydrogens is 351 g/mol. The number of hydrogen-bond acceptors (Lipinski definition) is 5. The lowest BCUT2D eigenvalue weighted by atomic mass is 9.77. The number of rotatable bonds is 7. The van der Waals surface area contributed by atoms with Gasteiger partial charge in [0.15, 0.2) is 0 Å². The van der Waals surface area contributed by atoms with Crippen molar-refractivity contribution in [2.24, 2.45) is 0 Å². The Balaban J connectivity index is 1.65. The molecule has 3 N–H and O–H groups in total. The van der Waals surface area contributed by atoms with E-state index in [-0.39, 0.29) is 48.1 Å². The third kappa shape index (κ3) is 4.49. The third-order valence-electron chi connectivity index (χ3n) is 4.88. The van der Waals surface area contributed by atoms with E-state index in [1.807, 2.05) is 0 Å². The number of nitrogens with zero attached hydrogens (tertiary/aromatic N) is 1. The number of benzene rings is 1. The van der Waals surface area contributed by atoms with Crippen molar-refractivity contribution in [3.8, 4) is 5.75 Å². The van der Waals surface area contributed by atoms with Gasteiger partial charge in [-0.15, -0.1) is 0 Å². The average Bonchev–Trinajstić information content (AvgIpc) is 2.61. The molecule has 0 unspecified atom stereocenters. The molecule has 0 saturated heterocycles. The van der Waals surface area contributed by atoms with Gasteiger partial charge in [-0.05, 0) is 55.2 Å². The second-order valence-corrected chi connectivity index (χ2v) is 6.96. The van der Waals surface area contributed by atoms with Crippen LogP contribution in [0.3, 0.4) is 0 Å². The second kappa shape index (κ2) is 7.84. The summed E-state index contributed by atoms with van der Waals surface area (Å²) in [6.45, 7) is -0.117. The largest absolute Gasteiger partial charge is 0.508 e. The zero-order valence-corrected chi connectivity index (χ0v) is 14.7. The molecule has 1 fully saturated rings. The molecular formula is C20H21FN2O4. The summed E-state index contributed by atoms with van der Waals surface area (Å²) in [5.41, 5.74) is 0.428. The summed E-state index contributed by atoms with van der Waals surface area (Å²) in [7, 11) is 0. The van der Waals surface area contributed by atoms with Crippen LogP contribution in [0.25, 0.3) is 0 Å². The van der Waals surface area contributed by atoms with Crippen LogP contribution in [0.1, 0.15) is 40.9 Å². The maximum Gasteiger partial charge on any atom is 0.270 e. The molecule has 1 aromatic heterocycles. The van der Waals surface area contributed by atoms with Crippen LogP contribution in [0, 0.1) is 5.82 Å². The Labute approximate surface area is 156 Å². The van der Waals surface area contributed by atoms with Crippen molar-refractivity contribution in [2.45, 2.75) is 37.6 Å². The number of hydrogen-bond donors (Lipinski definition) is 3. The number of phenolic OH excluding ortho intramolecular Hbond substituents is 1. The number of Topliss-reactive ketones (excluding diaryl/α,β-unsaturated/α-hetero) is 1. The van der Waals surface area contributed by atoms with E-state index >= 15 is 0 Å². The molecule has 0 spiro atoms. The number of phenols is 1. The number of carbonyl (C=O) groups excluding carboxylic acids is 2. The Morgan fingerprint density at radius 2 is 1.96 bits per heavy atom. The fourth-order valence-corrected chi connectivity index (χ4v) is 3.14. The molecule has 1 aliphatic carbocycles. The zero-order valence-electron chi connectivity index (χ0n) is 14.7. The van der Waals surface area contributed by atoms with Gasteiger partial charge in [0.1, 0.15) is 23.0 Å². The van der Waals surface area contributed by atoms with Gasteiger partial charge < -0.3 is 15.5 Å². The van der Waals surface area contributed by atoms with Crippen LogP contribution in [-0.2, 0) is 17.6 Å².